The summed E-state index contributed by atoms with van der Waals surface area (Å²) in [7, 11) is 3.32. The second-order valence-corrected chi connectivity index (χ2v) is 3.51. The van der Waals surface area contributed by atoms with Gasteiger partial charge >= 0.3 is 0 Å². The van der Waals surface area contributed by atoms with Crippen molar-refractivity contribution in [2.45, 2.75) is 6.92 Å². The smallest absolute Gasteiger partial charge is 0.130 e. The molecule has 2 nitrogen and oxygen atoms in total. The van der Waals surface area contributed by atoms with E-state index in [1.807, 2.05) is 43.4 Å². The van der Waals surface area contributed by atoms with Crippen LogP contribution in [0.25, 0.3) is 5.57 Å². The van der Waals surface area contributed by atoms with Crippen LogP contribution in [-0.2, 0) is 0 Å². The molecule has 0 saturated carbocycles. The lowest BCUT2D eigenvalue weighted by molar-refractivity contribution is 0.392. The normalized spacial score (nSPS) is 11.6. The average Bonchev–Trinajstić information content (AvgIpc) is 2.37. The van der Waals surface area contributed by atoms with Gasteiger partial charge in [-0.05, 0) is 24.6 Å². The second-order valence-electron chi connectivity index (χ2n) is 3.51. The molecular formula is C15H18O2. The van der Waals surface area contributed by atoms with Crippen LogP contribution >= 0.6 is 0 Å². The van der Waals surface area contributed by atoms with E-state index in [-0.39, 0.29) is 0 Å². The first-order valence-corrected chi connectivity index (χ1v) is 5.42. The van der Waals surface area contributed by atoms with Gasteiger partial charge in [0.15, 0.2) is 0 Å². The Balaban J connectivity index is 3.22. The van der Waals surface area contributed by atoms with E-state index in [4.69, 9.17) is 9.47 Å². The van der Waals surface area contributed by atoms with E-state index in [9.17, 15) is 0 Å². The van der Waals surface area contributed by atoms with Gasteiger partial charge in [-0.2, -0.15) is 0 Å². The van der Waals surface area contributed by atoms with Crippen LogP contribution in [0.2, 0.25) is 0 Å². The number of hydrogen-bond acceptors (Lipinski definition) is 2. The molecule has 0 aliphatic carbocycles. The summed E-state index contributed by atoms with van der Waals surface area (Å²) in [6.45, 7) is 5.65. The summed E-state index contributed by atoms with van der Waals surface area (Å²) in [5, 5.41) is 0. The summed E-state index contributed by atoms with van der Waals surface area (Å²) in [5.41, 5.74) is 2.06. The average molecular weight is 230 g/mol. The molecule has 0 atom stereocenters. The Kier molecular flexibility index (Phi) is 5.08. The lowest BCUT2D eigenvalue weighted by Gasteiger charge is -2.12. The third-order valence-corrected chi connectivity index (χ3v) is 2.42. The third kappa shape index (κ3) is 3.25. The van der Waals surface area contributed by atoms with Gasteiger partial charge in [0.05, 0.1) is 19.8 Å². The molecule has 1 rings (SSSR count). The molecule has 0 saturated heterocycles. The summed E-state index contributed by atoms with van der Waals surface area (Å²) in [6, 6.07) is 5.76. The highest BCUT2D eigenvalue weighted by atomic mass is 16.5. The lowest BCUT2D eigenvalue weighted by Crippen LogP contribution is -1.94. The van der Waals surface area contributed by atoms with Gasteiger partial charge in [0.1, 0.15) is 11.5 Å². The summed E-state index contributed by atoms with van der Waals surface area (Å²) in [5.74, 6) is 1.62. The molecule has 0 aliphatic heterocycles. The maximum absolute atomic E-state index is 5.35. The van der Waals surface area contributed by atoms with Crippen molar-refractivity contribution in [1.29, 1.82) is 0 Å². The molecule has 0 amide bonds. The van der Waals surface area contributed by atoms with Crippen LogP contribution in [0, 0.1) is 0 Å². The largest absolute Gasteiger partial charge is 0.496 e. The van der Waals surface area contributed by atoms with Crippen LogP contribution < -0.4 is 9.47 Å². The van der Waals surface area contributed by atoms with E-state index in [2.05, 4.69) is 6.58 Å². The van der Waals surface area contributed by atoms with Crippen molar-refractivity contribution in [3.63, 3.8) is 0 Å². The van der Waals surface area contributed by atoms with Crippen LogP contribution in [0.1, 0.15) is 12.5 Å². The monoisotopic (exact) mass is 230 g/mol. The van der Waals surface area contributed by atoms with Gasteiger partial charge in [-0.25, -0.2) is 0 Å². The molecule has 0 fully saturated rings. The van der Waals surface area contributed by atoms with Gasteiger partial charge < -0.3 is 9.47 Å². The topological polar surface area (TPSA) is 18.5 Å². The Labute approximate surface area is 103 Å². The standard InChI is InChI=1S/C15H18O2/c1-5-6-7-9-12(2)15-13(16-3)10-8-11-14(15)17-4/h5-11H,1H2,2-4H3/b7-6-,12-9+. The zero-order valence-corrected chi connectivity index (χ0v) is 10.6. The molecule has 0 unspecified atom stereocenters. The van der Waals surface area contributed by atoms with Crippen LogP contribution in [-0.4, -0.2) is 14.2 Å². The van der Waals surface area contributed by atoms with Crippen molar-refractivity contribution in [1.82, 2.24) is 0 Å². The van der Waals surface area contributed by atoms with Crippen molar-refractivity contribution >= 4 is 5.57 Å². The van der Waals surface area contributed by atoms with Gasteiger partial charge in [0.25, 0.3) is 0 Å². The zero-order valence-electron chi connectivity index (χ0n) is 10.6. The van der Waals surface area contributed by atoms with Crippen molar-refractivity contribution in [3.05, 3.63) is 54.6 Å². The van der Waals surface area contributed by atoms with E-state index in [0.29, 0.717) is 0 Å². The highest BCUT2D eigenvalue weighted by Crippen LogP contribution is 2.34. The maximum Gasteiger partial charge on any atom is 0.130 e. The number of ether oxygens (including phenoxy) is 2. The maximum atomic E-state index is 5.35. The second kappa shape index (κ2) is 6.59. The summed E-state index contributed by atoms with van der Waals surface area (Å²) >= 11 is 0. The van der Waals surface area contributed by atoms with Gasteiger partial charge in [0, 0.05) is 0 Å². The Bertz CT molecular complexity index is 420. The molecular weight excluding hydrogens is 212 g/mol. The number of methoxy groups -OCH3 is 2. The predicted molar refractivity (Wildman–Crippen MR) is 72.5 cm³/mol. The highest BCUT2D eigenvalue weighted by molar-refractivity contribution is 5.75. The van der Waals surface area contributed by atoms with Crippen molar-refractivity contribution < 1.29 is 9.47 Å². The Morgan fingerprint density at radius 1 is 1.12 bits per heavy atom. The number of rotatable bonds is 5. The van der Waals surface area contributed by atoms with E-state index in [1.165, 1.54) is 0 Å². The minimum absolute atomic E-state index is 0.810. The molecule has 0 N–H and O–H groups in total. The first-order chi connectivity index (χ1) is 8.24. The molecule has 17 heavy (non-hydrogen) atoms. The summed E-state index contributed by atoms with van der Waals surface area (Å²) in [6.07, 6.45) is 7.56. The predicted octanol–water partition coefficient (Wildman–Crippen LogP) is 3.85. The third-order valence-electron chi connectivity index (χ3n) is 2.42. The fraction of sp³-hybridized carbons (Fsp3) is 0.200. The van der Waals surface area contributed by atoms with Gasteiger partial charge in [-0.1, -0.05) is 36.9 Å². The van der Waals surface area contributed by atoms with Gasteiger partial charge in [-0.3, -0.25) is 0 Å². The van der Waals surface area contributed by atoms with Crippen LogP contribution in [0.5, 0.6) is 11.5 Å². The van der Waals surface area contributed by atoms with E-state index in [0.717, 1.165) is 22.6 Å². The molecule has 0 radical (unpaired) electrons. The number of allylic oxidation sites excluding steroid dienone is 5. The van der Waals surface area contributed by atoms with E-state index in [1.54, 1.807) is 20.3 Å². The number of hydrogen-bond donors (Lipinski definition) is 0. The fourth-order valence-electron chi connectivity index (χ4n) is 1.60. The molecule has 0 aliphatic rings. The van der Waals surface area contributed by atoms with Crippen molar-refractivity contribution in [2.24, 2.45) is 0 Å². The summed E-state index contributed by atoms with van der Waals surface area (Å²) < 4.78 is 10.7. The molecule has 0 aromatic heterocycles. The molecule has 0 heterocycles. The van der Waals surface area contributed by atoms with Crippen molar-refractivity contribution in [2.75, 3.05) is 14.2 Å². The molecule has 1 aromatic carbocycles. The lowest BCUT2D eigenvalue weighted by atomic mass is 10.0. The minimum Gasteiger partial charge on any atom is -0.496 e. The first kappa shape index (κ1) is 13.1. The Morgan fingerprint density at radius 3 is 2.18 bits per heavy atom. The van der Waals surface area contributed by atoms with Crippen LogP contribution in [0.3, 0.4) is 0 Å². The minimum atomic E-state index is 0.810. The highest BCUT2D eigenvalue weighted by Gasteiger charge is 2.10. The van der Waals surface area contributed by atoms with Crippen molar-refractivity contribution in [3.8, 4) is 11.5 Å². The molecule has 90 valence electrons. The van der Waals surface area contributed by atoms with Gasteiger partial charge in [-0.15, -0.1) is 0 Å². The van der Waals surface area contributed by atoms with Gasteiger partial charge in [0.2, 0.25) is 0 Å². The molecule has 2 heteroatoms. The molecule has 1 aromatic rings. The number of benzene rings is 1. The SMILES string of the molecule is C=C/C=C\C=C(/C)c1c(OC)cccc1OC. The Morgan fingerprint density at radius 2 is 1.71 bits per heavy atom. The summed E-state index contributed by atoms with van der Waals surface area (Å²) in [4.78, 5) is 0. The van der Waals surface area contributed by atoms with E-state index < -0.39 is 0 Å². The molecule has 0 bridgehead atoms. The Hall–Kier alpha value is -1.96. The fourth-order valence-corrected chi connectivity index (χ4v) is 1.60. The molecule has 0 spiro atoms. The zero-order chi connectivity index (χ0) is 12.7. The first-order valence-electron chi connectivity index (χ1n) is 5.42. The van der Waals surface area contributed by atoms with Crippen LogP contribution in [0.15, 0.2) is 49.1 Å². The van der Waals surface area contributed by atoms with Crippen LogP contribution in [0.4, 0.5) is 0 Å². The van der Waals surface area contributed by atoms with E-state index >= 15 is 0 Å². The quantitative estimate of drug-likeness (QED) is 0.715.